The molecular weight excluding hydrogens is 323 g/mol. The largest absolute Gasteiger partial charge is 1.00 e. The fourth-order valence-corrected chi connectivity index (χ4v) is 2.68. The van der Waals surface area contributed by atoms with E-state index in [-0.39, 0.29) is 31.0 Å². The van der Waals surface area contributed by atoms with Gasteiger partial charge in [0.05, 0.1) is 17.9 Å². The minimum absolute atomic E-state index is 0. The predicted octanol–water partition coefficient (Wildman–Crippen LogP) is 0.677. The van der Waals surface area contributed by atoms with Gasteiger partial charge in [-0.3, -0.25) is 4.79 Å². The average Bonchev–Trinajstić information content (AvgIpc) is 2.86. The van der Waals surface area contributed by atoms with Gasteiger partial charge in [-0.2, -0.15) is 5.26 Å². The Morgan fingerprint density at radius 2 is 2.22 bits per heavy atom. The molecule has 0 spiro atoms. The molecule has 0 aliphatic heterocycles. The number of hydrogen-bond donors (Lipinski definition) is 0. The van der Waals surface area contributed by atoms with Gasteiger partial charge in [-0.15, -0.1) is 0 Å². The maximum absolute atomic E-state index is 10.4. The molecule has 116 valence electrons. The van der Waals surface area contributed by atoms with Crippen molar-refractivity contribution in [3.8, 4) is 27.5 Å². The molecule has 0 atom stereocenters. The van der Waals surface area contributed by atoms with Gasteiger partial charge in [0.25, 0.3) is 6.47 Å². The Kier molecular flexibility index (Phi) is 7.73. The Morgan fingerprint density at radius 3 is 2.83 bits per heavy atom. The molecule has 0 aliphatic rings. The van der Waals surface area contributed by atoms with Gasteiger partial charge >= 0.3 is 29.6 Å². The van der Waals surface area contributed by atoms with Crippen molar-refractivity contribution in [3.63, 3.8) is 0 Å². The molecule has 1 heterocycles. The van der Waals surface area contributed by atoms with Crippen LogP contribution < -0.4 is 39.0 Å². The summed E-state index contributed by atoms with van der Waals surface area (Å²) in [4.78, 5) is 14.8. The maximum atomic E-state index is 10.4. The van der Waals surface area contributed by atoms with Crippen molar-refractivity contribution in [1.29, 1.82) is 5.26 Å². The number of ether oxygens (including phenoxy) is 2. The first-order valence-electron chi connectivity index (χ1n) is 6.80. The van der Waals surface area contributed by atoms with E-state index in [2.05, 4.69) is 11.1 Å². The second-order valence-electron chi connectivity index (χ2n) is 5.13. The van der Waals surface area contributed by atoms with E-state index in [9.17, 15) is 10.1 Å². The number of benzene rings is 1. The van der Waals surface area contributed by atoms with Crippen LogP contribution in [0.25, 0.3) is 10.6 Å². The molecule has 7 heteroatoms. The van der Waals surface area contributed by atoms with Gasteiger partial charge in [-0.25, -0.2) is 4.98 Å². The molecule has 0 saturated carbocycles. The van der Waals surface area contributed by atoms with Crippen LogP contribution in [0, 0.1) is 24.2 Å². The van der Waals surface area contributed by atoms with Crippen LogP contribution in [0.1, 0.15) is 26.5 Å². The molecule has 0 amide bonds. The van der Waals surface area contributed by atoms with E-state index in [0.717, 1.165) is 5.56 Å². The van der Waals surface area contributed by atoms with Crippen molar-refractivity contribution in [2.75, 3.05) is 6.61 Å². The van der Waals surface area contributed by atoms with Crippen LogP contribution in [0.15, 0.2) is 18.2 Å². The molecule has 0 saturated heterocycles. The Morgan fingerprint density at radius 1 is 1.48 bits per heavy atom. The topological polar surface area (TPSA) is 72.2 Å². The van der Waals surface area contributed by atoms with Gasteiger partial charge < -0.3 is 10.9 Å². The van der Waals surface area contributed by atoms with Crippen molar-refractivity contribution in [1.82, 2.24) is 4.98 Å². The smallest absolute Gasteiger partial charge is 1.00 e. The minimum Gasteiger partial charge on any atom is -1.00 e. The fraction of sp³-hybridized carbons (Fsp3) is 0.312. The van der Waals surface area contributed by atoms with Crippen molar-refractivity contribution in [2.24, 2.45) is 5.92 Å². The summed E-state index contributed by atoms with van der Waals surface area (Å²) >= 11 is 1.27. The number of aromatic nitrogens is 1. The van der Waals surface area contributed by atoms with E-state index in [4.69, 9.17) is 9.47 Å². The first kappa shape index (κ1) is 19.7. The minimum atomic E-state index is 0. The number of nitrogens with zero attached hydrogens (tertiary/aromatic N) is 2. The van der Waals surface area contributed by atoms with Gasteiger partial charge in [0.1, 0.15) is 16.8 Å². The molecular formula is C16H17N2NaO3S. The number of carbonyl (C=O) groups is 1. The SMILES string of the molecule is Cc1nc(-c2ccc(OCC(C)C)c(C#N)c2)sc1OC=O.[H-].[Na+]. The molecule has 2 aromatic rings. The Hall–Kier alpha value is -1.39. The summed E-state index contributed by atoms with van der Waals surface area (Å²) in [5.74, 6) is 0.952. The third kappa shape index (κ3) is 5.05. The molecule has 0 aliphatic carbocycles. The van der Waals surface area contributed by atoms with Crippen molar-refractivity contribution >= 4 is 17.8 Å². The fourth-order valence-electron chi connectivity index (χ4n) is 1.79. The van der Waals surface area contributed by atoms with Gasteiger partial charge in [0, 0.05) is 5.56 Å². The first-order valence-corrected chi connectivity index (χ1v) is 7.61. The van der Waals surface area contributed by atoms with Crippen LogP contribution in [0.3, 0.4) is 0 Å². The second kappa shape index (κ2) is 9.04. The van der Waals surface area contributed by atoms with Crippen LogP contribution in [0.2, 0.25) is 0 Å². The summed E-state index contributed by atoms with van der Waals surface area (Å²) in [5.41, 5.74) is 1.90. The molecule has 1 aromatic carbocycles. The van der Waals surface area contributed by atoms with E-state index >= 15 is 0 Å². The molecule has 0 bridgehead atoms. The van der Waals surface area contributed by atoms with Gasteiger partial charge in [-0.05, 0) is 31.0 Å². The standard InChI is InChI=1S/C16H16N2O3S.Na.H/c1-10(2)8-20-14-5-4-12(6-13(14)7-17)15-18-11(3)16(22-15)21-9-19;;/h4-6,9-10H,8H2,1-3H3;;/q;+1;-1. The first-order chi connectivity index (χ1) is 10.5. The summed E-state index contributed by atoms with van der Waals surface area (Å²) in [6.45, 7) is 6.81. The maximum Gasteiger partial charge on any atom is 1.00 e. The number of carbonyl (C=O) groups excluding carboxylic acids is 1. The molecule has 0 radical (unpaired) electrons. The normalized spacial score (nSPS) is 9.87. The number of hydrogen-bond acceptors (Lipinski definition) is 6. The zero-order valence-electron chi connectivity index (χ0n) is 14.6. The van der Waals surface area contributed by atoms with Crippen LogP contribution >= 0.6 is 11.3 Å². The van der Waals surface area contributed by atoms with Gasteiger partial charge in [0.2, 0.25) is 5.06 Å². The van der Waals surface area contributed by atoms with Crippen molar-refractivity contribution in [3.05, 3.63) is 29.5 Å². The Balaban J connectivity index is 0.00000264. The van der Waals surface area contributed by atoms with E-state index in [0.29, 0.717) is 46.1 Å². The quantitative estimate of drug-likeness (QED) is 0.571. The number of thiazole rings is 1. The monoisotopic (exact) mass is 340 g/mol. The number of nitriles is 1. The van der Waals surface area contributed by atoms with Crippen LogP contribution in [-0.2, 0) is 4.79 Å². The van der Waals surface area contributed by atoms with E-state index < -0.39 is 0 Å². The molecule has 0 N–H and O–H groups in total. The molecule has 1 aromatic heterocycles. The molecule has 0 unspecified atom stereocenters. The summed E-state index contributed by atoms with van der Waals surface area (Å²) in [6.07, 6.45) is 0. The third-order valence-corrected chi connectivity index (χ3v) is 3.93. The molecule has 2 rings (SSSR count). The van der Waals surface area contributed by atoms with E-state index in [1.54, 1.807) is 19.1 Å². The third-order valence-electron chi connectivity index (χ3n) is 2.83. The van der Waals surface area contributed by atoms with Crippen LogP contribution in [0.5, 0.6) is 10.8 Å². The summed E-state index contributed by atoms with van der Waals surface area (Å²) in [6, 6.07) is 7.49. The zero-order valence-corrected chi connectivity index (χ0v) is 16.4. The summed E-state index contributed by atoms with van der Waals surface area (Å²) in [5, 5.41) is 10.4. The van der Waals surface area contributed by atoms with Crippen molar-refractivity contribution in [2.45, 2.75) is 20.8 Å². The van der Waals surface area contributed by atoms with Crippen molar-refractivity contribution < 1.29 is 45.3 Å². The predicted molar refractivity (Wildman–Crippen MR) is 85.1 cm³/mol. The summed E-state index contributed by atoms with van der Waals surface area (Å²) in [7, 11) is 0. The van der Waals surface area contributed by atoms with Crippen LogP contribution in [-0.4, -0.2) is 18.1 Å². The number of aryl methyl sites for hydroxylation is 1. The summed E-state index contributed by atoms with van der Waals surface area (Å²) < 4.78 is 10.5. The second-order valence-corrected chi connectivity index (χ2v) is 6.10. The Bertz CT molecular complexity index is 729. The van der Waals surface area contributed by atoms with Gasteiger partial charge in [0.15, 0.2) is 0 Å². The molecule has 23 heavy (non-hydrogen) atoms. The number of rotatable bonds is 6. The zero-order chi connectivity index (χ0) is 16.1. The Labute approximate surface area is 163 Å². The average molecular weight is 340 g/mol. The molecule has 0 fully saturated rings. The molecule has 5 nitrogen and oxygen atoms in total. The van der Waals surface area contributed by atoms with E-state index in [1.807, 2.05) is 19.9 Å². The van der Waals surface area contributed by atoms with E-state index in [1.165, 1.54) is 11.3 Å². The van der Waals surface area contributed by atoms with Crippen LogP contribution in [0.4, 0.5) is 0 Å². The van der Waals surface area contributed by atoms with Gasteiger partial charge in [-0.1, -0.05) is 25.2 Å².